The van der Waals surface area contributed by atoms with E-state index < -0.39 is 11.7 Å². The van der Waals surface area contributed by atoms with Crippen LogP contribution in [-0.2, 0) is 4.74 Å². The second kappa shape index (κ2) is 8.23. The maximum Gasteiger partial charge on any atom is 0.274 e. The highest BCUT2D eigenvalue weighted by molar-refractivity contribution is 5.95. The molecule has 0 atom stereocenters. The van der Waals surface area contributed by atoms with E-state index in [1.165, 1.54) is 18.3 Å². The molecule has 0 bridgehead atoms. The zero-order chi connectivity index (χ0) is 18.4. The summed E-state index contributed by atoms with van der Waals surface area (Å²) in [7, 11) is 0. The molecule has 2 aromatic rings. The number of hydrogen-bond donors (Lipinski definition) is 1. The van der Waals surface area contributed by atoms with Gasteiger partial charge in [0.05, 0.1) is 36.6 Å². The van der Waals surface area contributed by atoms with Gasteiger partial charge in [-0.05, 0) is 35.9 Å². The van der Waals surface area contributed by atoms with E-state index >= 15 is 0 Å². The molecule has 1 amide bonds. The largest absolute Gasteiger partial charge is 0.378 e. The molecule has 1 aliphatic rings. The Bertz CT molecular complexity index is 853. The van der Waals surface area contributed by atoms with Crippen LogP contribution in [0.25, 0.3) is 0 Å². The van der Waals surface area contributed by atoms with Crippen LogP contribution in [0.3, 0.4) is 0 Å². The lowest BCUT2D eigenvalue weighted by atomic mass is 10.1. The SMILES string of the molecule is N#Cc1ccc(C(=O)NN=Cc2ccc(N3CCOCC3)cc2)c(F)c1. The van der Waals surface area contributed by atoms with Crippen molar-refractivity contribution in [3.8, 4) is 6.07 Å². The molecule has 6 nitrogen and oxygen atoms in total. The summed E-state index contributed by atoms with van der Waals surface area (Å²) < 4.78 is 19.1. The smallest absolute Gasteiger partial charge is 0.274 e. The molecular formula is C19H17FN4O2. The zero-order valence-corrected chi connectivity index (χ0v) is 14.0. The van der Waals surface area contributed by atoms with Crippen molar-refractivity contribution in [2.24, 2.45) is 5.10 Å². The van der Waals surface area contributed by atoms with Crippen LogP contribution in [0.2, 0.25) is 0 Å². The molecule has 1 aliphatic heterocycles. The summed E-state index contributed by atoms with van der Waals surface area (Å²) in [6.45, 7) is 3.17. The maximum atomic E-state index is 13.8. The van der Waals surface area contributed by atoms with Crippen LogP contribution < -0.4 is 10.3 Å². The third-order valence-corrected chi connectivity index (χ3v) is 3.99. The number of benzene rings is 2. The Morgan fingerprint density at radius 2 is 1.96 bits per heavy atom. The van der Waals surface area contributed by atoms with E-state index in [1.54, 1.807) is 0 Å². The van der Waals surface area contributed by atoms with Gasteiger partial charge in [-0.3, -0.25) is 4.79 Å². The van der Waals surface area contributed by atoms with Gasteiger partial charge in [0.15, 0.2) is 0 Å². The fourth-order valence-corrected chi connectivity index (χ4v) is 2.59. The van der Waals surface area contributed by atoms with Crippen LogP contribution >= 0.6 is 0 Å². The Morgan fingerprint density at radius 1 is 1.23 bits per heavy atom. The average molecular weight is 352 g/mol. The number of ether oxygens (including phenoxy) is 1. The minimum Gasteiger partial charge on any atom is -0.378 e. The summed E-state index contributed by atoms with van der Waals surface area (Å²) >= 11 is 0. The van der Waals surface area contributed by atoms with Gasteiger partial charge >= 0.3 is 0 Å². The van der Waals surface area contributed by atoms with Crippen LogP contribution in [0.15, 0.2) is 47.6 Å². The number of nitrogens with one attached hydrogen (secondary N) is 1. The molecule has 2 aromatic carbocycles. The van der Waals surface area contributed by atoms with Gasteiger partial charge in [-0.15, -0.1) is 0 Å². The number of morpholine rings is 1. The van der Waals surface area contributed by atoms with Crippen LogP contribution in [0, 0.1) is 17.1 Å². The molecule has 0 spiro atoms. The topological polar surface area (TPSA) is 77.7 Å². The molecule has 3 rings (SSSR count). The van der Waals surface area contributed by atoms with Gasteiger partial charge in [0.2, 0.25) is 0 Å². The zero-order valence-electron chi connectivity index (χ0n) is 14.0. The van der Waals surface area contributed by atoms with Crippen molar-refractivity contribution >= 4 is 17.8 Å². The van der Waals surface area contributed by atoms with Crippen LogP contribution in [0.4, 0.5) is 10.1 Å². The minimum absolute atomic E-state index is 0.155. The number of hydrazone groups is 1. The van der Waals surface area contributed by atoms with Gasteiger partial charge < -0.3 is 9.64 Å². The number of carbonyl (C=O) groups is 1. The summed E-state index contributed by atoms with van der Waals surface area (Å²) in [6, 6.07) is 13.2. The van der Waals surface area contributed by atoms with Gasteiger partial charge in [0.1, 0.15) is 5.82 Å². The van der Waals surface area contributed by atoms with Gasteiger partial charge in [0.25, 0.3) is 5.91 Å². The van der Waals surface area contributed by atoms with Crippen molar-refractivity contribution in [1.29, 1.82) is 5.26 Å². The molecule has 26 heavy (non-hydrogen) atoms. The molecule has 1 saturated heterocycles. The fraction of sp³-hybridized carbons (Fsp3) is 0.211. The first-order valence-electron chi connectivity index (χ1n) is 8.13. The van der Waals surface area contributed by atoms with Gasteiger partial charge in [-0.2, -0.15) is 10.4 Å². The first-order valence-corrected chi connectivity index (χ1v) is 8.13. The van der Waals surface area contributed by atoms with E-state index in [0.29, 0.717) is 0 Å². The molecule has 132 valence electrons. The molecule has 0 saturated carbocycles. The highest BCUT2D eigenvalue weighted by atomic mass is 19.1. The van der Waals surface area contributed by atoms with E-state index in [9.17, 15) is 9.18 Å². The van der Waals surface area contributed by atoms with E-state index in [-0.39, 0.29) is 11.1 Å². The normalized spacial score (nSPS) is 14.2. The number of anilines is 1. The molecule has 0 unspecified atom stereocenters. The third kappa shape index (κ3) is 4.23. The Hall–Kier alpha value is -3.24. The third-order valence-electron chi connectivity index (χ3n) is 3.99. The molecule has 7 heteroatoms. The Morgan fingerprint density at radius 3 is 2.62 bits per heavy atom. The van der Waals surface area contributed by atoms with E-state index in [0.717, 1.165) is 43.6 Å². The molecule has 0 aromatic heterocycles. The van der Waals surface area contributed by atoms with Crippen molar-refractivity contribution in [1.82, 2.24) is 5.43 Å². The number of nitriles is 1. The maximum absolute atomic E-state index is 13.8. The van der Waals surface area contributed by atoms with E-state index in [4.69, 9.17) is 10.00 Å². The quantitative estimate of drug-likeness (QED) is 0.677. The molecule has 0 radical (unpaired) electrons. The van der Waals surface area contributed by atoms with Gasteiger partial charge in [-0.1, -0.05) is 12.1 Å². The van der Waals surface area contributed by atoms with Crippen molar-refractivity contribution in [3.63, 3.8) is 0 Å². The second-order valence-electron chi connectivity index (χ2n) is 5.70. The molecular weight excluding hydrogens is 335 g/mol. The number of rotatable bonds is 4. The number of amides is 1. The molecule has 0 aliphatic carbocycles. The highest BCUT2D eigenvalue weighted by Crippen LogP contribution is 2.16. The predicted octanol–water partition coefficient (Wildman–Crippen LogP) is 2.30. The van der Waals surface area contributed by atoms with Crippen molar-refractivity contribution < 1.29 is 13.9 Å². The lowest BCUT2D eigenvalue weighted by molar-refractivity contribution is 0.0951. The van der Waals surface area contributed by atoms with Crippen molar-refractivity contribution in [2.75, 3.05) is 31.2 Å². The molecule has 1 fully saturated rings. The van der Waals surface area contributed by atoms with Crippen molar-refractivity contribution in [3.05, 3.63) is 65.0 Å². The van der Waals surface area contributed by atoms with Crippen molar-refractivity contribution in [2.45, 2.75) is 0 Å². The first-order chi connectivity index (χ1) is 12.7. The Balaban J connectivity index is 1.59. The lowest BCUT2D eigenvalue weighted by Gasteiger charge is -2.28. The summed E-state index contributed by atoms with van der Waals surface area (Å²) in [5, 5.41) is 12.6. The van der Waals surface area contributed by atoms with Crippen LogP contribution in [0.1, 0.15) is 21.5 Å². The standard InChI is InChI=1S/C19H17FN4O2/c20-18-11-15(12-21)3-6-17(18)19(25)23-22-13-14-1-4-16(5-2-14)24-7-9-26-10-8-24/h1-6,11,13H,7-10H2,(H,23,25). The Kier molecular flexibility index (Phi) is 5.56. The first kappa shape index (κ1) is 17.6. The van der Waals surface area contributed by atoms with E-state index in [1.807, 2.05) is 30.3 Å². The monoisotopic (exact) mass is 352 g/mol. The van der Waals surface area contributed by atoms with Crippen LogP contribution in [0.5, 0.6) is 0 Å². The number of carbonyl (C=O) groups excluding carboxylic acids is 1. The average Bonchev–Trinajstić information content (AvgIpc) is 2.69. The Labute approximate surface area is 150 Å². The fourth-order valence-electron chi connectivity index (χ4n) is 2.59. The van der Waals surface area contributed by atoms with Gasteiger partial charge in [-0.25, -0.2) is 9.82 Å². The summed E-state index contributed by atoms with van der Waals surface area (Å²) in [5.74, 6) is -1.43. The molecule has 1 N–H and O–H groups in total. The summed E-state index contributed by atoms with van der Waals surface area (Å²) in [6.07, 6.45) is 1.49. The second-order valence-corrected chi connectivity index (χ2v) is 5.70. The number of hydrogen-bond acceptors (Lipinski definition) is 5. The minimum atomic E-state index is -0.758. The summed E-state index contributed by atoms with van der Waals surface area (Å²) in [4.78, 5) is 14.2. The predicted molar refractivity (Wildman–Crippen MR) is 95.6 cm³/mol. The molecule has 1 heterocycles. The number of halogens is 1. The summed E-state index contributed by atoms with van der Waals surface area (Å²) in [5.41, 5.74) is 4.19. The van der Waals surface area contributed by atoms with Gasteiger partial charge in [0, 0.05) is 18.8 Å². The lowest BCUT2D eigenvalue weighted by Crippen LogP contribution is -2.36. The highest BCUT2D eigenvalue weighted by Gasteiger charge is 2.12. The van der Waals surface area contributed by atoms with E-state index in [2.05, 4.69) is 15.4 Å². The number of nitrogens with zero attached hydrogens (tertiary/aromatic N) is 3. The van der Waals surface area contributed by atoms with Crippen LogP contribution in [-0.4, -0.2) is 38.4 Å².